The summed E-state index contributed by atoms with van der Waals surface area (Å²) in [4.78, 5) is 3.91. The lowest BCUT2D eigenvalue weighted by Crippen LogP contribution is -2.01. The Labute approximate surface area is 118 Å². The molecule has 0 radical (unpaired) electrons. The van der Waals surface area contributed by atoms with Gasteiger partial charge in [0.05, 0.1) is 9.79 Å². The average Bonchev–Trinajstić information content (AvgIpc) is 2.75. The van der Waals surface area contributed by atoms with Crippen LogP contribution in [0.4, 0.5) is 0 Å². The first-order valence-corrected chi connectivity index (χ1v) is 7.87. The van der Waals surface area contributed by atoms with Crippen LogP contribution >= 0.6 is 0 Å². The molecule has 0 spiro atoms. The predicted octanol–water partition coefficient (Wildman–Crippen LogP) is 3.62. The smallest absolute Gasteiger partial charge is 0.206 e. The van der Waals surface area contributed by atoms with Crippen LogP contribution in [0.5, 0.6) is 0 Å². The fourth-order valence-electron chi connectivity index (χ4n) is 2.34. The maximum atomic E-state index is 12.6. The summed E-state index contributed by atoms with van der Waals surface area (Å²) in [6, 6.07) is 13.7. The fourth-order valence-corrected chi connectivity index (χ4v) is 3.65. The highest BCUT2D eigenvalue weighted by Crippen LogP contribution is 2.27. The van der Waals surface area contributed by atoms with E-state index < -0.39 is 9.84 Å². The molecule has 0 aliphatic rings. The number of nitrogens with one attached hydrogen (secondary N) is 1. The molecule has 1 aromatic heterocycles. The van der Waals surface area contributed by atoms with E-state index in [1.165, 1.54) is 0 Å². The number of aromatic nitrogens is 1. The van der Waals surface area contributed by atoms with Crippen LogP contribution in [0.3, 0.4) is 0 Å². The van der Waals surface area contributed by atoms with Gasteiger partial charge in [0, 0.05) is 16.6 Å². The highest BCUT2D eigenvalue weighted by atomic mass is 32.2. The van der Waals surface area contributed by atoms with E-state index >= 15 is 0 Å². The number of aryl methyl sites for hydroxylation is 2. The first-order chi connectivity index (χ1) is 9.50. The third-order valence-corrected chi connectivity index (χ3v) is 5.41. The van der Waals surface area contributed by atoms with Crippen LogP contribution in [0.2, 0.25) is 0 Å². The van der Waals surface area contributed by atoms with Gasteiger partial charge in [-0.1, -0.05) is 18.2 Å². The van der Waals surface area contributed by atoms with Gasteiger partial charge in [-0.2, -0.15) is 0 Å². The van der Waals surface area contributed by atoms with Crippen LogP contribution in [0.25, 0.3) is 10.9 Å². The summed E-state index contributed by atoms with van der Waals surface area (Å²) in [5.41, 5.74) is 3.12. The van der Waals surface area contributed by atoms with Crippen molar-refractivity contribution in [3.63, 3.8) is 0 Å². The topological polar surface area (TPSA) is 49.9 Å². The Morgan fingerprint density at radius 2 is 1.60 bits per heavy atom. The van der Waals surface area contributed by atoms with E-state index in [0.717, 1.165) is 22.2 Å². The maximum absolute atomic E-state index is 12.6. The number of hydrogen-bond acceptors (Lipinski definition) is 2. The lowest BCUT2D eigenvalue weighted by atomic mass is 10.1. The van der Waals surface area contributed by atoms with Gasteiger partial charge < -0.3 is 4.98 Å². The lowest BCUT2D eigenvalue weighted by Gasteiger charge is -2.05. The molecule has 0 saturated heterocycles. The van der Waals surface area contributed by atoms with Crippen LogP contribution in [0.15, 0.2) is 58.3 Å². The van der Waals surface area contributed by atoms with Gasteiger partial charge >= 0.3 is 0 Å². The molecule has 0 unspecified atom stereocenters. The van der Waals surface area contributed by atoms with Gasteiger partial charge in [-0.15, -0.1) is 0 Å². The molecule has 102 valence electrons. The number of H-pyrrole nitrogens is 1. The van der Waals surface area contributed by atoms with Crippen molar-refractivity contribution in [3.8, 4) is 0 Å². The Kier molecular flexibility index (Phi) is 2.91. The molecule has 0 saturated carbocycles. The average molecular weight is 285 g/mol. The zero-order valence-corrected chi connectivity index (χ0v) is 12.2. The molecule has 0 aliphatic carbocycles. The first kappa shape index (κ1) is 12.9. The Morgan fingerprint density at radius 3 is 2.30 bits per heavy atom. The second-order valence-corrected chi connectivity index (χ2v) is 6.85. The molecule has 1 heterocycles. The van der Waals surface area contributed by atoms with Crippen molar-refractivity contribution in [2.75, 3.05) is 0 Å². The number of benzene rings is 2. The van der Waals surface area contributed by atoms with E-state index in [4.69, 9.17) is 0 Å². The molecule has 2 aromatic carbocycles. The van der Waals surface area contributed by atoms with Crippen molar-refractivity contribution >= 4 is 20.7 Å². The van der Waals surface area contributed by atoms with Gasteiger partial charge in [0.15, 0.2) is 0 Å². The molecule has 0 bridgehead atoms. The highest BCUT2D eigenvalue weighted by molar-refractivity contribution is 7.91. The predicted molar refractivity (Wildman–Crippen MR) is 79.7 cm³/mol. The summed E-state index contributed by atoms with van der Waals surface area (Å²) >= 11 is 0. The number of aromatic amines is 1. The summed E-state index contributed by atoms with van der Waals surface area (Å²) in [5.74, 6) is 0. The van der Waals surface area contributed by atoms with Crippen molar-refractivity contribution in [2.24, 2.45) is 0 Å². The van der Waals surface area contributed by atoms with Crippen LogP contribution < -0.4 is 0 Å². The number of rotatable bonds is 2. The Morgan fingerprint density at radius 1 is 0.900 bits per heavy atom. The van der Waals surface area contributed by atoms with Crippen LogP contribution in [-0.2, 0) is 9.84 Å². The molecule has 0 atom stereocenters. The van der Waals surface area contributed by atoms with Crippen molar-refractivity contribution in [1.82, 2.24) is 4.98 Å². The monoisotopic (exact) mass is 285 g/mol. The number of fused-ring (bicyclic) bond motifs is 1. The van der Waals surface area contributed by atoms with E-state index in [1.807, 2.05) is 26.0 Å². The minimum absolute atomic E-state index is 0.323. The Bertz CT molecular complexity index is 877. The second kappa shape index (κ2) is 4.49. The SMILES string of the molecule is Cc1[nH]c2ccc(S(=O)(=O)c3ccccc3)cc2c1C. The third kappa shape index (κ3) is 1.93. The van der Waals surface area contributed by atoms with Gasteiger partial charge in [0.1, 0.15) is 0 Å². The zero-order chi connectivity index (χ0) is 14.3. The molecule has 20 heavy (non-hydrogen) atoms. The van der Waals surface area contributed by atoms with Crippen LogP contribution in [0.1, 0.15) is 11.3 Å². The molecule has 3 rings (SSSR count). The summed E-state index contributed by atoms with van der Waals surface area (Å²) < 4.78 is 25.2. The molecule has 0 aliphatic heterocycles. The highest BCUT2D eigenvalue weighted by Gasteiger charge is 2.18. The molecule has 4 heteroatoms. The lowest BCUT2D eigenvalue weighted by molar-refractivity contribution is 0.596. The fraction of sp³-hybridized carbons (Fsp3) is 0.125. The second-order valence-electron chi connectivity index (χ2n) is 4.90. The zero-order valence-electron chi connectivity index (χ0n) is 11.3. The summed E-state index contributed by atoms with van der Waals surface area (Å²) in [5, 5.41) is 0.958. The van der Waals surface area contributed by atoms with E-state index in [2.05, 4.69) is 4.98 Å². The molecule has 3 nitrogen and oxygen atoms in total. The third-order valence-electron chi connectivity index (χ3n) is 3.64. The van der Waals surface area contributed by atoms with Gasteiger partial charge in [0.25, 0.3) is 0 Å². The van der Waals surface area contributed by atoms with Gasteiger partial charge in [-0.3, -0.25) is 0 Å². The maximum Gasteiger partial charge on any atom is 0.206 e. The van der Waals surface area contributed by atoms with Gasteiger partial charge in [-0.25, -0.2) is 8.42 Å². The van der Waals surface area contributed by atoms with Crippen molar-refractivity contribution in [1.29, 1.82) is 0 Å². The molecule has 0 amide bonds. The van der Waals surface area contributed by atoms with E-state index in [1.54, 1.807) is 36.4 Å². The Balaban J connectivity index is 2.22. The van der Waals surface area contributed by atoms with Crippen molar-refractivity contribution < 1.29 is 8.42 Å². The largest absolute Gasteiger partial charge is 0.358 e. The molecule has 0 fully saturated rings. The minimum Gasteiger partial charge on any atom is -0.358 e. The standard InChI is InChI=1S/C16H15NO2S/c1-11-12(2)17-16-9-8-14(10-15(11)16)20(18,19)13-6-4-3-5-7-13/h3-10,17H,1-2H3. The Hall–Kier alpha value is -2.07. The van der Waals surface area contributed by atoms with Gasteiger partial charge in [0.2, 0.25) is 9.84 Å². The summed E-state index contributed by atoms with van der Waals surface area (Å²) in [6.07, 6.45) is 0. The van der Waals surface area contributed by atoms with Crippen LogP contribution in [0, 0.1) is 13.8 Å². The number of hydrogen-bond donors (Lipinski definition) is 1. The first-order valence-electron chi connectivity index (χ1n) is 6.39. The summed E-state index contributed by atoms with van der Waals surface area (Å²) in [6.45, 7) is 3.98. The quantitative estimate of drug-likeness (QED) is 0.782. The normalized spacial score (nSPS) is 11.9. The van der Waals surface area contributed by atoms with Gasteiger partial charge in [-0.05, 0) is 49.7 Å². The molecule has 1 N–H and O–H groups in total. The molecular weight excluding hydrogens is 270 g/mol. The van der Waals surface area contributed by atoms with E-state index in [-0.39, 0.29) is 0 Å². The van der Waals surface area contributed by atoms with E-state index in [9.17, 15) is 8.42 Å². The summed E-state index contributed by atoms with van der Waals surface area (Å²) in [7, 11) is -3.45. The van der Waals surface area contributed by atoms with Crippen molar-refractivity contribution in [3.05, 3.63) is 59.8 Å². The number of sulfone groups is 1. The van der Waals surface area contributed by atoms with E-state index in [0.29, 0.717) is 9.79 Å². The minimum atomic E-state index is -3.45. The molecule has 3 aromatic rings. The molecular formula is C16H15NO2S. The van der Waals surface area contributed by atoms with Crippen LogP contribution in [-0.4, -0.2) is 13.4 Å². The van der Waals surface area contributed by atoms with Crippen molar-refractivity contribution in [2.45, 2.75) is 23.6 Å².